The first-order chi connectivity index (χ1) is 9.29. The average Bonchev–Trinajstić information content (AvgIpc) is 2.87. The Morgan fingerprint density at radius 2 is 2.40 bits per heavy atom. The first-order valence-corrected chi connectivity index (χ1v) is 7.50. The highest BCUT2D eigenvalue weighted by Crippen LogP contribution is 2.46. The fraction of sp³-hybridized carbons (Fsp3) is 0.600. The zero-order valence-electron chi connectivity index (χ0n) is 10.6. The summed E-state index contributed by atoms with van der Waals surface area (Å²) < 4.78 is 24.9. The van der Waals surface area contributed by atoms with E-state index in [4.69, 9.17) is 0 Å². The van der Waals surface area contributed by atoms with Gasteiger partial charge < -0.3 is 10.0 Å². The van der Waals surface area contributed by atoms with Crippen LogP contribution in [-0.4, -0.2) is 56.8 Å². The van der Waals surface area contributed by atoms with Crippen molar-refractivity contribution in [1.29, 1.82) is 0 Å². The van der Waals surface area contributed by atoms with Crippen molar-refractivity contribution < 1.29 is 27.8 Å². The van der Waals surface area contributed by atoms with Crippen LogP contribution in [0.3, 0.4) is 0 Å². The molecule has 2 saturated heterocycles. The zero-order valence-corrected chi connectivity index (χ0v) is 11.4. The van der Waals surface area contributed by atoms with Gasteiger partial charge in [0.2, 0.25) is 12.1 Å². The summed E-state index contributed by atoms with van der Waals surface area (Å²) in [6, 6.07) is -1.38. The van der Waals surface area contributed by atoms with Crippen LogP contribution in [0, 0.1) is 0 Å². The molecule has 108 valence electrons. The number of carboxylic acid groups (broad SMARTS) is 1. The molecule has 0 saturated carbocycles. The lowest BCUT2D eigenvalue weighted by Gasteiger charge is -2.35. The summed E-state index contributed by atoms with van der Waals surface area (Å²) in [6.45, 7) is 1.26. The number of aromatic nitrogens is 3. The number of rotatable bonds is 3. The van der Waals surface area contributed by atoms with Crippen molar-refractivity contribution in [2.75, 3.05) is 0 Å². The van der Waals surface area contributed by atoms with Crippen molar-refractivity contribution in [2.24, 2.45) is 0 Å². The van der Waals surface area contributed by atoms with E-state index < -0.39 is 37.9 Å². The molecule has 3 atom stereocenters. The number of nitrogens with one attached hydrogen (secondary N) is 1. The van der Waals surface area contributed by atoms with E-state index in [2.05, 4.69) is 10.3 Å². The lowest BCUT2D eigenvalue weighted by molar-refractivity contribution is -0.756. The summed E-state index contributed by atoms with van der Waals surface area (Å²) in [5.41, 5.74) is 0. The Morgan fingerprint density at radius 3 is 2.90 bits per heavy atom. The molecule has 2 aliphatic rings. The second-order valence-electron chi connectivity index (χ2n) is 5.21. The third kappa shape index (κ3) is 1.39. The monoisotopic (exact) mass is 301 g/mol. The van der Waals surface area contributed by atoms with Crippen molar-refractivity contribution in [1.82, 2.24) is 15.2 Å². The van der Waals surface area contributed by atoms with Crippen LogP contribution in [0.2, 0.25) is 0 Å². The van der Waals surface area contributed by atoms with E-state index >= 15 is 0 Å². The number of H-pyrrole nitrogens is 1. The molecule has 1 aromatic heterocycles. The number of amides is 1. The number of carbonyl (C=O) groups is 2. The van der Waals surface area contributed by atoms with E-state index in [0.29, 0.717) is 0 Å². The molecule has 1 aromatic rings. The van der Waals surface area contributed by atoms with Crippen molar-refractivity contribution in [3.63, 3.8) is 0 Å². The van der Waals surface area contributed by atoms with Gasteiger partial charge in [0, 0.05) is 5.10 Å². The van der Waals surface area contributed by atoms with Crippen molar-refractivity contribution in [3.05, 3.63) is 12.4 Å². The molecule has 2 N–H and O–H groups in total. The SMILES string of the molecule is C[C@]1(C[n+]2ccn[nH]2)[C@H](C(=O)O)N2C(=O)C[C@H]2S1(=O)=O. The number of sulfone groups is 1. The molecule has 0 radical (unpaired) electrons. The fourth-order valence-electron chi connectivity index (χ4n) is 2.97. The van der Waals surface area contributed by atoms with Crippen LogP contribution in [0.4, 0.5) is 0 Å². The van der Waals surface area contributed by atoms with Crippen LogP contribution in [0.5, 0.6) is 0 Å². The van der Waals surface area contributed by atoms with Gasteiger partial charge in [-0.15, -0.1) is 0 Å². The molecule has 9 nitrogen and oxygen atoms in total. The maximum atomic E-state index is 12.6. The van der Waals surface area contributed by atoms with Gasteiger partial charge in [0.25, 0.3) is 0 Å². The van der Waals surface area contributed by atoms with Crippen molar-refractivity contribution >= 4 is 21.7 Å². The molecule has 3 heterocycles. The van der Waals surface area contributed by atoms with E-state index in [9.17, 15) is 23.1 Å². The molecule has 0 aliphatic carbocycles. The first-order valence-electron chi connectivity index (χ1n) is 5.95. The molecule has 10 heteroatoms. The fourth-order valence-corrected chi connectivity index (χ4v) is 5.34. The van der Waals surface area contributed by atoms with Gasteiger partial charge in [0.1, 0.15) is 16.7 Å². The number of nitrogens with zero attached hydrogens (tertiary/aromatic N) is 3. The minimum atomic E-state index is -3.78. The zero-order chi connectivity index (χ0) is 14.7. The van der Waals surface area contributed by atoms with Crippen LogP contribution >= 0.6 is 0 Å². The second-order valence-corrected chi connectivity index (χ2v) is 7.78. The number of carboxylic acids is 1. The molecule has 2 fully saturated rings. The summed E-state index contributed by atoms with van der Waals surface area (Å²) >= 11 is 0. The van der Waals surface area contributed by atoms with Crippen molar-refractivity contribution in [2.45, 2.75) is 36.1 Å². The minimum Gasteiger partial charge on any atom is -0.480 e. The molecule has 0 spiro atoms. The molecule has 0 unspecified atom stereocenters. The summed E-state index contributed by atoms with van der Waals surface area (Å²) in [5.74, 6) is -1.75. The number of aromatic amines is 1. The van der Waals surface area contributed by atoms with E-state index in [1.165, 1.54) is 24.0 Å². The smallest absolute Gasteiger partial charge is 0.328 e. The highest BCUT2D eigenvalue weighted by molar-refractivity contribution is 7.93. The van der Waals surface area contributed by atoms with Gasteiger partial charge in [-0.2, -0.15) is 4.68 Å². The Balaban J connectivity index is 2.10. The van der Waals surface area contributed by atoms with Gasteiger partial charge in [0.15, 0.2) is 22.1 Å². The Morgan fingerprint density at radius 1 is 1.70 bits per heavy atom. The predicted molar refractivity (Wildman–Crippen MR) is 62.8 cm³/mol. The summed E-state index contributed by atoms with van der Waals surface area (Å²) in [7, 11) is -3.78. The van der Waals surface area contributed by atoms with E-state index in [1.54, 1.807) is 0 Å². The number of fused-ring (bicyclic) bond motifs is 1. The lowest BCUT2D eigenvalue weighted by Crippen LogP contribution is -2.60. The largest absolute Gasteiger partial charge is 0.480 e. The quantitative estimate of drug-likeness (QED) is 0.486. The van der Waals surface area contributed by atoms with E-state index in [-0.39, 0.29) is 13.0 Å². The number of carbonyl (C=O) groups excluding carboxylic acids is 1. The summed E-state index contributed by atoms with van der Waals surface area (Å²) in [4.78, 5) is 24.0. The van der Waals surface area contributed by atoms with E-state index in [1.807, 2.05) is 0 Å². The minimum absolute atomic E-state index is 0.105. The predicted octanol–water partition coefficient (Wildman–Crippen LogP) is -2.10. The van der Waals surface area contributed by atoms with Gasteiger partial charge in [-0.05, 0) is 6.92 Å². The van der Waals surface area contributed by atoms with Crippen LogP contribution in [-0.2, 0) is 26.0 Å². The van der Waals surface area contributed by atoms with Gasteiger partial charge in [0.05, 0.1) is 6.42 Å². The maximum Gasteiger partial charge on any atom is 0.328 e. The topological polar surface area (TPSA) is 124 Å². The van der Waals surface area contributed by atoms with Gasteiger partial charge in [-0.3, -0.25) is 4.79 Å². The van der Waals surface area contributed by atoms with Crippen molar-refractivity contribution in [3.8, 4) is 0 Å². The maximum absolute atomic E-state index is 12.6. The number of hydrogen-bond acceptors (Lipinski definition) is 5. The summed E-state index contributed by atoms with van der Waals surface area (Å²) in [5, 5.41) is 14.6. The molecular weight excluding hydrogens is 288 g/mol. The first kappa shape index (κ1) is 13.0. The molecule has 3 rings (SSSR count). The average molecular weight is 301 g/mol. The van der Waals surface area contributed by atoms with Crippen LogP contribution in [0.15, 0.2) is 12.4 Å². The summed E-state index contributed by atoms with van der Waals surface area (Å²) in [6.07, 6.45) is 2.80. The number of hydrogen-bond donors (Lipinski definition) is 2. The highest BCUT2D eigenvalue weighted by atomic mass is 32.2. The van der Waals surface area contributed by atoms with Gasteiger partial charge >= 0.3 is 5.97 Å². The van der Waals surface area contributed by atoms with Crippen LogP contribution in [0.1, 0.15) is 13.3 Å². The second kappa shape index (κ2) is 3.78. The van der Waals surface area contributed by atoms with Gasteiger partial charge in [-0.25, -0.2) is 13.2 Å². The van der Waals surface area contributed by atoms with E-state index in [0.717, 1.165) is 4.90 Å². The molecule has 0 aromatic carbocycles. The molecular formula is C10H13N4O5S+. The molecule has 20 heavy (non-hydrogen) atoms. The normalized spacial score (nSPS) is 34.6. The third-order valence-electron chi connectivity index (χ3n) is 4.04. The Hall–Kier alpha value is -1.97. The standard InChI is InChI=1S/C10H12N4O5S/c1-10(5-13-3-2-11-12-13)8(9(16)17)14-6(15)4-7(14)20(10,18)19/h2-3,7-8H,4-5H2,1H3,(H,16,17)/p+1/t7-,8+,10+/m1/s1. The number of β-lactam (4-membered cyclic amide) rings is 1. The Bertz CT molecular complexity index is 685. The highest BCUT2D eigenvalue weighted by Gasteiger charge is 2.70. The van der Waals surface area contributed by atoms with Crippen LogP contribution < -0.4 is 4.68 Å². The molecule has 0 bridgehead atoms. The molecule has 1 amide bonds. The van der Waals surface area contributed by atoms with Crippen LogP contribution in [0.25, 0.3) is 0 Å². The van der Waals surface area contributed by atoms with Gasteiger partial charge in [-0.1, -0.05) is 5.21 Å². The Labute approximate surface area is 114 Å². The third-order valence-corrected chi connectivity index (χ3v) is 6.80. The molecule has 2 aliphatic heterocycles. The Kier molecular flexibility index (Phi) is 2.46. The number of aliphatic carboxylic acids is 1. The lowest BCUT2D eigenvalue weighted by atomic mass is 9.96.